The van der Waals surface area contributed by atoms with Gasteiger partial charge in [-0.15, -0.1) is 0 Å². The van der Waals surface area contributed by atoms with Crippen molar-refractivity contribution in [2.75, 3.05) is 19.6 Å². The summed E-state index contributed by atoms with van der Waals surface area (Å²) in [4.78, 5) is 14.9. The van der Waals surface area contributed by atoms with Gasteiger partial charge < -0.3 is 19.4 Å². The predicted molar refractivity (Wildman–Crippen MR) is 102 cm³/mol. The average Bonchev–Trinajstić information content (AvgIpc) is 3.14. The van der Waals surface area contributed by atoms with Gasteiger partial charge in [0.1, 0.15) is 18.1 Å². The molecule has 138 valence electrons. The van der Waals surface area contributed by atoms with E-state index in [2.05, 4.69) is 26.1 Å². The number of halogens is 1. The van der Waals surface area contributed by atoms with E-state index in [1.165, 1.54) is 19.4 Å². The van der Waals surface area contributed by atoms with E-state index in [4.69, 9.17) is 9.15 Å². The van der Waals surface area contributed by atoms with Gasteiger partial charge in [0.15, 0.2) is 5.76 Å². The molecule has 2 fully saturated rings. The molecule has 1 unspecified atom stereocenters. The van der Waals surface area contributed by atoms with Crippen LogP contribution in [0, 0.1) is 5.92 Å². The van der Waals surface area contributed by atoms with Crippen LogP contribution in [0.3, 0.4) is 0 Å². The van der Waals surface area contributed by atoms with E-state index in [-0.39, 0.29) is 11.9 Å². The molecule has 1 aliphatic heterocycles. The fraction of sp³-hybridized carbons (Fsp3) is 0.450. The van der Waals surface area contributed by atoms with Crippen LogP contribution in [0.2, 0.25) is 0 Å². The summed E-state index contributed by atoms with van der Waals surface area (Å²) in [7, 11) is 0. The Balaban J connectivity index is 1.25. The number of carbonyl (C=O) groups is 1. The van der Waals surface area contributed by atoms with Crippen LogP contribution in [0.4, 0.5) is 0 Å². The number of carbonyl (C=O) groups excluding carboxylic acids is 1. The molecule has 1 amide bonds. The summed E-state index contributed by atoms with van der Waals surface area (Å²) in [5, 5.41) is 3.09. The van der Waals surface area contributed by atoms with E-state index in [9.17, 15) is 4.79 Å². The van der Waals surface area contributed by atoms with Crippen molar-refractivity contribution >= 4 is 21.8 Å². The number of amides is 1. The van der Waals surface area contributed by atoms with Crippen molar-refractivity contribution in [3.8, 4) is 5.75 Å². The molecule has 1 saturated carbocycles. The molecule has 1 aromatic heterocycles. The maximum Gasteiger partial charge on any atom is 0.287 e. The Morgan fingerprint density at radius 3 is 2.77 bits per heavy atom. The zero-order valence-corrected chi connectivity index (χ0v) is 16.2. The van der Waals surface area contributed by atoms with E-state index >= 15 is 0 Å². The van der Waals surface area contributed by atoms with E-state index < -0.39 is 0 Å². The van der Waals surface area contributed by atoms with Gasteiger partial charge in [0, 0.05) is 30.1 Å². The molecule has 0 radical (unpaired) electrons. The molecule has 1 N–H and O–H groups in total. The second-order valence-corrected chi connectivity index (χ2v) is 8.09. The molecule has 0 spiro atoms. The summed E-state index contributed by atoms with van der Waals surface area (Å²) in [6.45, 7) is 3.51. The van der Waals surface area contributed by atoms with Gasteiger partial charge in [-0.3, -0.25) is 4.79 Å². The highest BCUT2D eigenvalue weighted by molar-refractivity contribution is 9.10. The summed E-state index contributed by atoms with van der Waals surface area (Å²) in [6.07, 6.45) is 3.74. The molecule has 2 aliphatic rings. The maximum absolute atomic E-state index is 12.4. The molecular weight excluding hydrogens is 396 g/mol. The van der Waals surface area contributed by atoms with Crippen molar-refractivity contribution in [1.29, 1.82) is 0 Å². The Morgan fingerprint density at radius 2 is 2.00 bits per heavy atom. The Labute approximate surface area is 161 Å². The first kappa shape index (κ1) is 17.6. The van der Waals surface area contributed by atoms with Gasteiger partial charge in [-0.25, -0.2) is 0 Å². The molecule has 1 aromatic carbocycles. The summed E-state index contributed by atoms with van der Waals surface area (Å²) in [5.41, 5.74) is 0. The highest BCUT2D eigenvalue weighted by Crippen LogP contribution is 2.30. The molecule has 6 heteroatoms. The largest absolute Gasteiger partial charge is 0.486 e. The molecular formula is C20H23BrN2O3. The third-order valence-corrected chi connectivity index (χ3v) is 5.43. The van der Waals surface area contributed by atoms with Crippen LogP contribution in [0.15, 0.2) is 45.3 Å². The summed E-state index contributed by atoms with van der Waals surface area (Å²) < 4.78 is 12.3. The second-order valence-electron chi connectivity index (χ2n) is 7.17. The van der Waals surface area contributed by atoms with Gasteiger partial charge >= 0.3 is 0 Å². The summed E-state index contributed by atoms with van der Waals surface area (Å²) in [5.74, 6) is 2.50. The Hall–Kier alpha value is -1.79. The molecule has 1 saturated heterocycles. The zero-order valence-electron chi connectivity index (χ0n) is 14.6. The molecule has 26 heavy (non-hydrogen) atoms. The van der Waals surface area contributed by atoms with Gasteiger partial charge in [0.25, 0.3) is 5.91 Å². The fourth-order valence-corrected chi connectivity index (χ4v) is 3.57. The van der Waals surface area contributed by atoms with E-state index in [1.54, 1.807) is 12.1 Å². The van der Waals surface area contributed by atoms with Crippen molar-refractivity contribution in [3.05, 3.63) is 52.4 Å². The van der Waals surface area contributed by atoms with Gasteiger partial charge in [-0.1, -0.05) is 15.9 Å². The Bertz CT molecular complexity index is 755. The van der Waals surface area contributed by atoms with E-state index in [1.807, 2.05) is 24.3 Å². The topological polar surface area (TPSA) is 54.7 Å². The molecule has 0 bridgehead atoms. The minimum atomic E-state index is -0.141. The third-order valence-electron chi connectivity index (χ3n) is 4.90. The molecule has 5 nitrogen and oxygen atoms in total. The number of hydrogen-bond donors (Lipinski definition) is 1. The fourth-order valence-electron chi connectivity index (χ4n) is 3.30. The van der Waals surface area contributed by atoms with Crippen LogP contribution in [-0.4, -0.2) is 36.5 Å². The van der Waals surface area contributed by atoms with Gasteiger partial charge in [-0.2, -0.15) is 0 Å². The van der Waals surface area contributed by atoms with E-state index in [0.29, 0.717) is 18.1 Å². The molecule has 2 heterocycles. The number of ether oxygens (including phenoxy) is 1. The highest BCUT2D eigenvalue weighted by atomic mass is 79.9. The second kappa shape index (κ2) is 7.84. The smallest absolute Gasteiger partial charge is 0.287 e. The van der Waals surface area contributed by atoms with Crippen LogP contribution >= 0.6 is 15.9 Å². The number of furan rings is 1. The first-order valence-corrected chi connectivity index (χ1v) is 9.95. The summed E-state index contributed by atoms with van der Waals surface area (Å²) in [6, 6.07) is 11.3. The van der Waals surface area contributed by atoms with Crippen molar-refractivity contribution in [1.82, 2.24) is 10.2 Å². The standard InChI is InChI=1S/C20H23BrN2O3/c21-15-3-5-17(6-4-15)25-13-18-7-8-19(26-18)20(24)22-16-9-10-23(12-16)11-14-1-2-14/h3-8,14,16H,1-2,9-13H2,(H,22,24). The lowest BCUT2D eigenvalue weighted by atomic mass is 10.2. The van der Waals surface area contributed by atoms with Crippen LogP contribution in [-0.2, 0) is 6.61 Å². The molecule has 2 aromatic rings. The Kier molecular flexibility index (Phi) is 5.31. The van der Waals surface area contributed by atoms with Crippen LogP contribution in [0.25, 0.3) is 0 Å². The van der Waals surface area contributed by atoms with E-state index in [0.717, 1.165) is 35.7 Å². The van der Waals surface area contributed by atoms with Crippen molar-refractivity contribution in [3.63, 3.8) is 0 Å². The zero-order chi connectivity index (χ0) is 17.9. The van der Waals surface area contributed by atoms with Crippen LogP contribution in [0.5, 0.6) is 5.75 Å². The maximum atomic E-state index is 12.4. The lowest BCUT2D eigenvalue weighted by Gasteiger charge is -2.15. The number of nitrogens with one attached hydrogen (secondary N) is 1. The molecule has 1 aliphatic carbocycles. The predicted octanol–water partition coefficient (Wildman–Crippen LogP) is 3.84. The van der Waals surface area contributed by atoms with Crippen LogP contribution < -0.4 is 10.1 Å². The van der Waals surface area contributed by atoms with Gasteiger partial charge in [0.2, 0.25) is 0 Å². The number of benzene rings is 1. The minimum Gasteiger partial charge on any atom is -0.486 e. The van der Waals surface area contributed by atoms with Gasteiger partial charge in [0.05, 0.1) is 0 Å². The quantitative estimate of drug-likeness (QED) is 0.741. The third kappa shape index (κ3) is 4.68. The first-order chi connectivity index (χ1) is 12.7. The summed E-state index contributed by atoms with van der Waals surface area (Å²) >= 11 is 3.39. The van der Waals surface area contributed by atoms with Crippen molar-refractivity contribution in [2.45, 2.75) is 31.9 Å². The highest BCUT2D eigenvalue weighted by Gasteiger charge is 2.30. The number of nitrogens with zero attached hydrogens (tertiary/aromatic N) is 1. The number of rotatable bonds is 7. The number of likely N-dealkylation sites (tertiary alicyclic amines) is 1. The normalized spacial score (nSPS) is 20.3. The van der Waals surface area contributed by atoms with Crippen molar-refractivity contribution < 1.29 is 13.9 Å². The molecule has 4 rings (SSSR count). The minimum absolute atomic E-state index is 0.141. The monoisotopic (exact) mass is 418 g/mol. The average molecular weight is 419 g/mol. The lowest BCUT2D eigenvalue weighted by Crippen LogP contribution is -2.37. The number of hydrogen-bond acceptors (Lipinski definition) is 4. The van der Waals surface area contributed by atoms with Crippen LogP contribution in [0.1, 0.15) is 35.6 Å². The molecule has 1 atom stereocenters. The lowest BCUT2D eigenvalue weighted by molar-refractivity contribution is 0.0905. The SMILES string of the molecule is O=C(NC1CCN(CC2CC2)C1)c1ccc(COc2ccc(Br)cc2)o1. The Morgan fingerprint density at radius 1 is 1.19 bits per heavy atom. The first-order valence-electron chi connectivity index (χ1n) is 9.16. The van der Waals surface area contributed by atoms with Crippen molar-refractivity contribution in [2.24, 2.45) is 5.92 Å². The van der Waals surface area contributed by atoms with Gasteiger partial charge in [-0.05, 0) is 61.6 Å².